The predicted molar refractivity (Wildman–Crippen MR) is 129 cm³/mol. The van der Waals surface area contributed by atoms with Crippen molar-refractivity contribution in [1.29, 1.82) is 0 Å². The van der Waals surface area contributed by atoms with Crippen molar-refractivity contribution in [1.82, 2.24) is 9.47 Å². The van der Waals surface area contributed by atoms with Gasteiger partial charge < -0.3 is 14.2 Å². The van der Waals surface area contributed by atoms with E-state index >= 15 is 0 Å². The fraction of sp³-hybridized carbons (Fsp3) is 0.417. The number of aromatic nitrogens is 1. The van der Waals surface area contributed by atoms with Gasteiger partial charge in [0.05, 0.1) is 23.8 Å². The fourth-order valence-electron chi connectivity index (χ4n) is 4.14. The highest BCUT2D eigenvalue weighted by Crippen LogP contribution is 2.35. The maximum atomic E-state index is 13.0. The second-order valence-corrected chi connectivity index (χ2v) is 8.75. The first-order valence-corrected chi connectivity index (χ1v) is 11.7. The van der Waals surface area contributed by atoms with Crippen LogP contribution in [0.1, 0.15) is 30.8 Å². The van der Waals surface area contributed by atoms with Gasteiger partial charge in [-0.05, 0) is 81.4 Å². The number of nitrogens with zero attached hydrogens (tertiary/aromatic N) is 4. The summed E-state index contributed by atoms with van der Waals surface area (Å²) >= 11 is 1.46. The molecule has 2 aliphatic rings. The van der Waals surface area contributed by atoms with Crippen LogP contribution in [0.2, 0.25) is 0 Å². The molecular formula is C24H30N4O2S. The Hall–Kier alpha value is -2.51. The maximum absolute atomic E-state index is 13.0. The molecule has 164 valence electrons. The molecule has 2 fully saturated rings. The molecule has 1 aromatic carbocycles. The molecule has 0 bridgehead atoms. The molecule has 1 aromatic heterocycles. The van der Waals surface area contributed by atoms with E-state index in [-0.39, 0.29) is 5.91 Å². The van der Waals surface area contributed by atoms with Crippen LogP contribution in [0.15, 0.2) is 40.2 Å². The van der Waals surface area contributed by atoms with Gasteiger partial charge in [-0.1, -0.05) is 0 Å². The molecule has 0 N–H and O–H groups in total. The number of anilines is 1. The number of rotatable bonds is 5. The zero-order valence-electron chi connectivity index (χ0n) is 18.7. The van der Waals surface area contributed by atoms with Gasteiger partial charge in [0.15, 0.2) is 5.17 Å². The molecule has 31 heavy (non-hydrogen) atoms. The van der Waals surface area contributed by atoms with Gasteiger partial charge in [0.1, 0.15) is 0 Å². The second kappa shape index (κ2) is 9.32. The van der Waals surface area contributed by atoms with E-state index in [9.17, 15) is 4.79 Å². The Morgan fingerprint density at radius 2 is 1.81 bits per heavy atom. The lowest BCUT2D eigenvalue weighted by atomic mass is 10.2. The Morgan fingerprint density at radius 3 is 2.42 bits per heavy atom. The van der Waals surface area contributed by atoms with Crippen molar-refractivity contribution < 1.29 is 9.53 Å². The molecule has 3 heterocycles. The number of carbonyl (C=O) groups is 1. The average molecular weight is 439 g/mol. The summed E-state index contributed by atoms with van der Waals surface area (Å²) in [4.78, 5) is 22.6. The number of aryl methyl sites for hydroxylation is 1. The SMILES string of the molecule is CCN1C(=O)C(=Cc2cc(C)n(CC)c2C)SC1=Nc1ccc(N2CCOCC2)cc1. The van der Waals surface area contributed by atoms with Crippen LogP contribution in [-0.2, 0) is 16.1 Å². The molecule has 0 atom stereocenters. The minimum absolute atomic E-state index is 0.0255. The molecule has 2 aromatic rings. The Bertz CT molecular complexity index is 1020. The molecule has 1 amide bonds. The van der Waals surface area contributed by atoms with Gasteiger partial charge in [0.25, 0.3) is 5.91 Å². The lowest BCUT2D eigenvalue weighted by Crippen LogP contribution is -2.36. The van der Waals surface area contributed by atoms with Crippen molar-refractivity contribution in [3.8, 4) is 0 Å². The standard InChI is InChI=1S/C24H30N4O2S/c1-5-27-17(3)15-19(18(27)4)16-22-23(29)28(6-2)24(31-22)25-20-7-9-21(10-8-20)26-11-13-30-14-12-26/h7-10,15-16H,5-6,11-14H2,1-4H3. The van der Waals surface area contributed by atoms with E-state index in [1.807, 2.05) is 25.1 Å². The predicted octanol–water partition coefficient (Wildman–Crippen LogP) is 4.59. The summed E-state index contributed by atoms with van der Waals surface area (Å²) in [7, 11) is 0. The van der Waals surface area contributed by atoms with Crippen LogP contribution in [0.5, 0.6) is 0 Å². The van der Waals surface area contributed by atoms with Crippen LogP contribution < -0.4 is 4.90 Å². The molecule has 0 spiro atoms. The number of morpholine rings is 1. The minimum Gasteiger partial charge on any atom is -0.378 e. The number of ether oxygens (including phenoxy) is 1. The number of amides is 1. The zero-order chi connectivity index (χ0) is 22.0. The molecule has 2 saturated heterocycles. The first kappa shape index (κ1) is 21.7. The monoisotopic (exact) mass is 438 g/mol. The van der Waals surface area contributed by atoms with Crippen molar-refractivity contribution >= 4 is 40.3 Å². The number of benzene rings is 1. The van der Waals surface area contributed by atoms with Crippen molar-refractivity contribution in [3.63, 3.8) is 0 Å². The third-order valence-corrected chi connectivity index (χ3v) is 6.88. The number of hydrogen-bond acceptors (Lipinski definition) is 5. The zero-order valence-corrected chi connectivity index (χ0v) is 19.5. The number of likely N-dealkylation sites (N-methyl/N-ethyl adjacent to an activating group) is 1. The Kier molecular flexibility index (Phi) is 6.53. The van der Waals surface area contributed by atoms with E-state index in [4.69, 9.17) is 9.73 Å². The van der Waals surface area contributed by atoms with Gasteiger partial charge in [-0.3, -0.25) is 9.69 Å². The van der Waals surface area contributed by atoms with Crippen LogP contribution in [0, 0.1) is 13.8 Å². The lowest BCUT2D eigenvalue weighted by Gasteiger charge is -2.28. The summed E-state index contributed by atoms with van der Waals surface area (Å²) in [5, 5.41) is 0.738. The molecule has 0 radical (unpaired) electrons. The summed E-state index contributed by atoms with van der Waals surface area (Å²) in [5.74, 6) is 0.0255. The Morgan fingerprint density at radius 1 is 1.10 bits per heavy atom. The minimum atomic E-state index is 0.0255. The van der Waals surface area contributed by atoms with E-state index < -0.39 is 0 Å². The van der Waals surface area contributed by atoms with E-state index in [0.717, 1.165) is 54.2 Å². The van der Waals surface area contributed by atoms with E-state index in [1.165, 1.54) is 28.8 Å². The van der Waals surface area contributed by atoms with Crippen LogP contribution >= 0.6 is 11.8 Å². The van der Waals surface area contributed by atoms with Crippen LogP contribution in [0.3, 0.4) is 0 Å². The molecule has 4 rings (SSSR count). The summed E-state index contributed by atoms with van der Waals surface area (Å²) in [5.41, 5.74) is 5.54. The van der Waals surface area contributed by atoms with Crippen LogP contribution in [0.4, 0.5) is 11.4 Å². The molecule has 2 aliphatic heterocycles. The topological polar surface area (TPSA) is 50.1 Å². The highest BCUT2D eigenvalue weighted by Gasteiger charge is 2.32. The highest BCUT2D eigenvalue weighted by molar-refractivity contribution is 8.18. The highest BCUT2D eigenvalue weighted by atomic mass is 32.2. The third-order valence-electron chi connectivity index (χ3n) is 5.87. The van der Waals surface area contributed by atoms with E-state index in [1.54, 1.807) is 4.90 Å². The largest absolute Gasteiger partial charge is 0.378 e. The van der Waals surface area contributed by atoms with E-state index in [0.29, 0.717) is 6.54 Å². The second-order valence-electron chi connectivity index (χ2n) is 7.74. The molecular weight excluding hydrogens is 408 g/mol. The average Bonchev–Trinajstić information content (AvgIpc) is 3.23. The summed E-state index contributed by atoms with van der Waals surface area (Å²) in [6, 6.07) is 10.4. The number of aliphatic imine (C=N–C) groups is 1. The van der Waals surface area contributed by atoms with Crippen molar-refractivity contribution in [2.75, 3.05) is 37.7 Å². The Labute approximate surface area is 188 Å². The first-order chi connectivity index (χ1) is 15.0. The van der Waals surface area contributed by atoms with E-state index in [2.05, 4.69) is 48.4 Å². The number of hydrogen-bond donors (Lipinski definition) is 0. The van der Waals surface area contributed by atoms with Gasteiger partial charge in [-0.2, -0.15) is 0 Å². The Balaban J connectivity index is 1.57. The summed E-state index contributed by atoms with van der Waals surface area (Å²) < 4.78 is 7.69. The van der Waals surface area contributed by atoms with Gasteiger partial charge in [0, 0.05) is 43.3 Å². The number of thioether (sulfide) groups is 1. The maximum Gasteiger partial charge on any atom is 0.266 e. The normalized spacial score (nSPS) is 19.8. The van der Waals surface area contributed by atoms with Crippen molar-refractivity contribution in [2.45, 2.75) is 34.2 Å². The van der Waals surface area contributed by atoms with Crippen molar-refractivity contribution in [3.05, 3.63) is 52.2 Å². The van der Waals surface area contributed by atoms with Gasteiger partial charge in [0.2, 0.25) is 0 Å². The molecule has 0 aliphatic carbocycles. The molecule has 6 nitrogen and oxygen atoms in total. The quantitative estimate of drug-likeness (QED) is 0.641. The van der Waals surface area contributed by atoms with Gasteiger partial charge >= 0.3 is 0 Å². The van der Waals surface area contributed by atoms with Crippen LogP contribution in [0.25, 0.3) is 6.08 Å². The fourth-order valence-corrected chi connectivity index (χ4v) is 5.20. The summed E-state index contributed by atoms with van der Waals surface area (Å²) in [6.45, 7) is 13.2. The number of amidine groups is 1. The third kappa shape index (κ3) is 4.43. The molecule has 0 unspecified atom stereocenters. The molecule has 0 saturated carbocycles. The number of carbonyl (C=O) groups excluding carboxylic acids is 1. The van der Waals surface area contributed by atoms with Gasteiger partial charge in [-0.15, -0.1) is 0 Å². The first-order valence-electron chi connectivity index (χ1n) is 10.9. The van der Waals surface area contributed by atoms with Gasteiger partial charge in [-0.25, -0.2) is 4.99 Å². The van der Waals surface area contributed by atoms with Crippen LogP contribution in [-0.4, -0.2) is 53.4 Å². The molecule has 7 heteroatoms. The smallest absolute Gasteiger partial charge is 0.266 e. The lowest BCUT2D eigenvalue weighted by molar-refractivity contribution is -0.122. The van der Waals surface area contributed by atoms with Crippen molar-refractivity contribution in [2.24, 2.45) is 4.99 Å². The summed E-state index contributed by atoms with van der Waals surface area (Å²) in [6.07, 6.45) is 2.01.